The monoisotopic (exact) mass is 410 g/mol. The van der Waals surface area contributed by atoms with Gasteiger partial charge in [0.05, 0.1) is 16.9 Å². The Labute approximate surface area is 175 Å². The molecule has 0 saturated heterocycles. The van der Waals surface area contributed by atoms with Gasteiger partial charge in [-0.05, 0) is 36.8 Å². The van der Waals surface area contributed by atoms with Crippen molar-refractivity contribution in [1.82, 2.24) is 9.55 Å². The van der Waals surface area contributed by atoms with Gasteiger partial charge in [0.1, 0.15) is 5.78 Å². The smallest absolute Gasteiger partial charge is 0.303 e. The van der Waals surface area contributed by atoms with Crippen molar-refractivity contribution in [3.05, 3.63) is 54.4 Å². The fraction of sp³-hybridized carbons (Fsp3) is 0.348. The number of thioether (sulfide) groups is 1. The van der Waals surface area contributed by atoms with E-state index in [1.165, 1.54) is 22.7 Å². The molecule has 5 nitrogen and oxygen atoms in total. The van der Waals surface area contributed by atoms with Gasteiger partial charge < -0.3 is 5.11 Å². The number of carbonyl (C=O) groups excluding carboxylic acids is 1. The highest BCUT2D eigenvalue weighted by Crippen LogP contribution is 2.37. The van der Waals surface area contributed by atoms with E-state index in [1.54, 1.807) is 6.20 Å². The quantitative estimate of drug-likeness (QED) is 0.500. The number of aromatic nitrogens is 2. The lowest BCUT2D eigenvalue weighted by Gasteiger charge is -2.23. The van der Waals surface area contributed by atoms with Crippen molar-refractivity contribution < 1.29 is 14.7 Å². The summed E-state index contributed by atoms with van der Waals surface area (Å²) in [7, 11) is 0. The van der Waals surface area contributed by atoms with E-state index >= 15 is 0 Å². The molecular formula is C23H26N2O3S. The van der Waals surface area contributed by atoms with E-state index in [9.17, 15) is 9.59 Å². The molecule has 0 saturated carbocycles. The first-order valence-electron chi connectivity index (χ1n) is 9.70. The summed E-state index contributed by atoms with van der Waals surface area (Å²) >= 11 is 1.36. The van der Waals surface area contributed by atoms with E-state index in [4.69, 9.17) is 5.11 Å². The molecule has 0 radical (unpaired) electrons. The van der Waals surface area contributed by atoms with Crippen LogP contribution in [-0.4, -0.2) is 31.2 Å². The second kappa shape index (κ2) is 8.41. The van der Waals surface area contributed by atoms with Crippen LogP contribution in [-0.2, 0) is 9.59 Å². The van der Waals surface area contributed by atoms with Crippen molar-refractivity contribution in [2.75, 3.05) is 0 Å². The maximum Gasteiger partial charge on any atom is 0.303 e. The van der Waals surface area contributed by atoms with E-state index in [0.29, 0.717) is 11.1 Å². The van der Waals surface area contributed by atoms with Crippen LogP contribution in [0, 0.1) is 0 Å². The number of nitrogens with zero attached hydrogens (tertiary/aromatic N) is 2. The van der Waals surface area contributed by atoms with Gasteiger partial charge in [0.2, 0.25) is 0 Å². The van der Waals surface area contributed by atoms with Crippen molar-refractivity contribution in [2.45, 2.75) is 56.4 Å². The molecule has 1 N–H and O–H groups in total. The highest BCUT2D eigenvalue weighted by atomic mass is 32.2. The molecule has 0 amide bonds. The first-order chi connectivity index (χ1) is 13.7. The van der Waals surface area contributed by atoms with Crippen molar-refractivity contribution in [3.8, 4) is 5.69 Å². The van der Waals surface area contributed by atoms with Crippen LogP contribution in [0.25, 0.3) is 16.5 Å². The SMILES string of the molecule is CC(C)c1ccc(-n2ccnc2SC(C)(C)C(=O)CCC(=O)O)c2ccccc12. The Balaban J connectivity index is 1.98. The minimum atomic E-state index is -0.961. The molecule has 0 aliphatic carbocycles. The molecule has 2 aromatic carbocycles. The predicted octanol–water partition coefficient (Wildman–Crippen LogP) is 5.45. The van der Waals surface area contributed by atoms with Crippen LogP contribution >= 0.6 is 11.8 Å². The number of carboxylic acid groups (broad SMARTS) is 1. The maximum atomic E-state index is 12.6. The van der Waals surface area contributed by atoms with Gasteiger partial charge in [0.25, 0.3) is 0 Å². The van der Waals surface area contributed by atoms with E-state index in [2.05, 4.69) is 43.1 Å². The number of Topliss-reactive ketones (excluding diaryl/α,β-unsaturated/α-hetero) is 1. The summed E-state index contributed by atoms with van der Waals surface area (Å²) in [6, 6.07) is 12.6. The standard InChI is InChI=1S/C23H26N2O3S/c1-15(2)16-9-10-19(18-8-6-5-7-17(16)18)25-14-13-24-22(25)29-23(3,4)20(26)11-12-21(27)28/h5-10,13-15H,11-12H2,1-4H3,(H,27,28). The Kier molecular flexibility index (Phi) is 6.13. The van der Waals surface area contributed by atoms with Gasteiger partial charge in [-0.1, -0.05) is 55.9 Å². The topological polar surface area (TPSA) is 72.2 Å². The second-order valence-corrected chi connectivity index (χ2v) is 9.47. The number of carboxylic acids is 1. The molecule has 0 atom stereocenters. The van der Waals surface area contributed by atoms with E-state index < -0.39 is 10.7 Å². The minimum absolute atomic E-state index is 0.0159. The van der Waals surface area contributed by atoms with Crippen molar-refractivity contribution >= 4 is 34.3 Å². The largest absolute Gasteiger partial charge is 0.481 e. The van der Waals surface area contributed by atoms with Crippen LogP contribution in [0.3, 0.4) is 0 Å². The number of hydrogen-bond acceptors (Lipinski definition) is 4. The molecule has 0 unspecified atom stereocenters. The van der Waals surface area contributed by atoms with Crippen LogP contribution in [0.15, 0.2) is 53.9 Å². The molecule has 152 valence electrons. The summed E-state index contributed by atoms with van der Waals surface area (Å²) in [6.07, 6.45) is 3.49. The van der Waals surface area contributed by atoms with Crippen molar-refractivity contribution in [2.24, 2.45) is 0 Å². The predicted molar refractivity (Wildman–Crippen MR) is 117 cm³/mol. The Morgan fingerprint density at radius 1 is 1.10 bits per heavy atom. The molecule has 3 rings (SSSR count). The average Bonchev–Trinajstić information content (AvgIpc) is 3.11. The fourth-order valence-electron chi connectivity index (χ4n) is 3.38. The fourth-order valence-corrected chi connectivity index (χ4v) is 4.42. The molecule has 3 aromatic rings. The molecule has 0 fully saturated rings. The number of aliphatic carboxylic acids is 1. The average molecular weight is 411 g/mol. The molecular weight excluding hydrogens is 384 g/mol. The zero-order valence-corrected chi connectivity index (χ0v) is 18.0. The van der Waals surface area contributed by atoms with E-state index in [0.717, 1.165) is 11.1 Å². The lowest BCUT2D eigenvalue weighted by atomic mass is 9.95. The van der Waals surface area contributed by atoms with Gasteiger partial charge in [-0.2, -0.15) is 0 Å². The summed E-state index contributed by atoms with van der Waals surface area (Å²) in [4.78, 5) is 27.8. The van der Waals surface area contributed by atoms with Gasteiger partial charge in [0, 0.05) is 24.2 Å². The Hall–Kier alpha value is -2.60. The minimum Gasteiger partial charge on any atom is -0.481 e. The van der Waals surface area contributed by atoms with Crippen molar-refractivity contribution in [1.29, 1.82) is 0 Å². The van der Waals surface area contributed by atoms with Crippen LogP contribution in [0.5, 0.6) is 0 Å². The number of imidazole rings is 1. The highest BCUT2D eigenvalue weighted by Gasteiger charge is 2.31. The Morgan fingerprint density at radius 2 is 1.79 bits per heavy atom. The number of benzene rings is 2. The van der Waals surface area contributed by atoms with Crippen molar-refractivity contribution in [3.63, 3.8) is 0 Å². The third kappa shape index (κ3) is 4.53. The van der Waals surface area contributed by atoms with Gasteiger partial charge in [-0.3, -0.25) is 14.2 Å². The van der Waals surface area contributed by atoms with Gasteiger partial charge in [-0.15, -0.1) is 0 Å². The maximum absolute atomic E-state index is 12.6. The van der Waals surface area contributed by atoms with Gasteiger partial charge in [0.15, 0.2) is 5.16 Å². The highest BCUT2D eigenvalue weighted by molar-refractivity contribution is 8.01. The second-order valence-electron chi connectivity index (χ2n) is 7.88. The third-order valence-corrected chi connectivity index (χ3v) is 6.23. The van der Waals surface area contributed by atoms with Crippen LogP contribution in [0.2, 0.25) is 0 Å². The number of fused-ring (bicyclic) bond motifs is 1. The zero-order chi connectivity index (χ0) is 21.2. The first-order valence-corrected chi connectivity index (χ1v) is 10.5. The molecule has 1 aromatic heterocycles. The van der Waals surface area contributed by atoms with Gasteiger partial charge >= 0.3 is 5.97 Å². The molecule has 29 heavy (non-hydrogen) atoms. The molecule has 6 heteroatoms. The molecule has 0 spiro atoms. The summed E-state index contributed by atoms with van der Waals surface area (Å²) in [5.41, 5.74) is 2.31. The number of carbonyl (C=O) groups is 2. The lowest BCUT2D eigenvalue weighted by molar-refractivity contribution is -0.138. The summed E-state index contributed by atoms with van der Waals surface area (Å²) in [5.74, 6) is -0.645. The number of hydrogen-bond donors (Lipinski definition) is 1. The van der Waals surface area contributed by atoms with E-state index in [1.807, 2.05) is 36.7 Å². The Bertz CT molecular complexity index is 1050. The third-order valence-electron chi connectivity index (χ3n) is 5.01. The molecule has 0 bridgehead atoms. The number of ketones is 1. The van der Waals surface area contributed by atoms with Crippen LogP contribution < -0.4 is 0 Å². The summed E-state index contributed by atoms with van der Waals surface area (Å²) in [5, 5.41) is 11.9. The van der Waals surface area contributed by atoms with E-state index in [-0.39, 0.29) is 18.6 Å². The summed E-state index contributed by atoms with van der Waals surface area (Å²) in [6.45, 7) is 8.01. The normalized spacial score (nSPS) is 11.9. The molecule has 0 aliphatic rings. The molecule has 1 heterocycles. The summed E-state index contributed by atoms with van der Waals surface area (Å²) < 4.78 is 1.23. The van der Waals surface area contributed by atoms with Gasteiger partial charge in [-0.25, -0.2) is 4.98 Å². The first kappa shape index (κ1) is 21.1. The Morgan fingerprint density at radius 3 is 2.45 bits per heavy atom. The van der Waals surface area contributed by atoms with Crippen LogP contribution in [0.1, 0.15) is 52.0 Å². The molecule has 0 aliphatic heterocycles. The zero-order valence-electron chi connectivity index (χ0n) is 17.2. The number of rotatable bonds is 8. The lowest BCUT2D eigenvalue weighted by Crippen LogP contribution is -2.28. The van der Waals surface area contributed by atoms with Crippen LogP contribution in [0.4, 0.5) is 0 Å².